The van der Waals surface area contributed by atoms with Gasteiger partial charge in [0.15, 0.2) is 0 Å². The van der Waals surface area contributed by atoms with Gasteiger partial charge >= 0.3 is 0 Å². The van der Waals surface area contributed by atoms with E-state index in [1.54, 1.807) is 7.11 Å². The van der Waals surface area contributed by atoms with Gasteiger partial charge in [0.25, 0.3) is 0 Å². The summed E-state index contributed by atoms with van der Waals surface area (Å²) in [5, 5.41) is 3.51. The van der Waals surface area contributed by atoms with Gasteiger partial charge in [0.2, 0.25) is 0 Å². The number of nitrogens with one attached hydrogen (secondary N) is 1. The fourth-order valence-corrected chi connectivity index (χ4v) is 2.09. The Balaban J connectivity index is 2.11. The van der Waals surface area contributed by atoms with Crippen molar-refractivity contribution in [3.8, 4) is 11.5 Å². The number of methoxy groups -OCH3 is 1. The molecule has 1 heterocycles. The summed E-state index contributed by atoms with van der Waals surface area (Å²) in [5.74, 6) is 1.84. The lowest BCUT2D eigenvalue weighted by molar-refractivity contribution is 0.252. The molecule has 0 fully saturated rings. The van der Waals surface area contributed by atoms with Crippen molar-refractivity contribution in [2.45, 2.75) is 18.9 Å². The van der Waals surface area contributed by atoms with Crippen LogP contribution in [0.2, 0.25) is 0 Å². The normalized spacial score (nSPS) is 18.4. The van der Waals surface area contributed by atoms with Crippen LogP contribution in [0.4, 0.5) is 0 Å². The van der Waals surface area contributed by atoms with E-state index in [4.69, 9.17) is 15.2 Å². The molecule has 0 bridgehead atoms. The lowest BCUT2D eigenvalue weighted by atomic mass is 10.00. The molecule has 2 rings (SSSR count). The summed E-state index contributed by atoms with van der Waals surface area (Å²) < 4.78 is 10.9. The molecule has 17 heavy (non-hydrogen) atoms. The molecule has 0 aliphatic carbocycles. The molecule has 0 radical (unpaired) electrons. The maximum Gasteiger partial charge on any atom is 0.124 e. The maximum atomic E-state index is 5.64. The van der Waals surface area contributed by atoms with Gasteiger partial charge in [0.1, 0.15) is 11.5 Å². The van der Waals surface area contributed by atoms with Crippen molar-refractivity contribution < 1.29 is 9.47 Å². The maximum absolute atomic E-state index is 5.64. The Morgan fingerprint density at radius 1 is 1.53 bits per heavy atom. The van der Waals surface area contributed by atoms with Crippen LogP contribution in [0.25, 0.3) is 0 Å². The van der Waals surface area contributed by atoms with Gasteiger partial charge in [-0.1, -0.05) is 0 Å². The molecule has 0 saturated heterocycles. The minimum Gasteiger partial charge on any atom is -0.497 e. The Hall–Kier alpha value is -1.26. The van der Waals surface area contributed by atoms with Crippen molar-refractivity contribution in [2.24, 2.45) is 5.73 Å². The topological polar surface area (TPSA) is 56.5 Å². The van der Waals surface area contributed by atoms with E-state index in [0.717, 1.165) is 44.0 Å². The van der Waals surface area contributed by atoms with E-state index in [1.165, 1.54) is 5.56 Å². The molecule has 94 valence electrons. The average molecular weight is 236 g/mol. The predicted molar refractivity (Wildman–Crippen MR) is 67.5 cm³/mol. The first kappa shape index (κ1) is 12.2. The number of benzene rings is 1. The second-order valence-electron chi connectivity index (χ2n) is 4.19. The molecule has 1 aromatic rings. The molecule has 3 N–H and O–H groups in total. The number of fused-ring (bicyclic) bond motifs is 1. The molecule has 0 spiro atoms. The second kappa shape index (κ2) is 5.89. The molecule has 0 amide bonds. The standard InChI is InChI=1S/C13H20N2O2/c1-16-10-3-4-13-11(9-10)12(5-8-17-13)15-7-2-6-14/h3-4,9,12,15H,2,5-8,14H2,1H3. The quantitative estimate of drug-likeness (QED) is 0.760. The van der Waals surface area contributed by atoms with E-state index in [1.807, 2.05) is 12.1 Å². The largest absolute Gasteiger partial charge is 0.497 e. The molecular weight excluding hydrogens is 216 g/mol. The smallest absolute Gasteiger partial charge is 0.124 e. The summed E-state index contributed by atoms with van der Waals surface area (Å²) >= 11 is 0. The zero-order valence-electron chi connectivity index (χ0n) is 10.2. The van der Waals surface area contributed by atoms with Gasteiger partial charge in [-0.05, 0) is 37.7 Å². The van der Waals surface area contributed by atoms with E-state index < -0.39 is 0 Å². The molecule has 1 atom stereocenters. The van der Waals surface area contributed by atoms with Crippen LogP contribution in [0, 0.1) is 0 Å². The van der Waals surface area contributed by atoms with Crippen LogP contribution in [-0.4, -0.2) is 26.8 Å². The molecule has 4 heteroatoms. The van der Waals surface area contributed by atoms with E-state index in [9.17, 15) is 0 Å². The third kappa shape index (κ3) is 2.90. The number of hydrogen-bond donors (Lipinski definition) is 2. The Bertz CT molecular complexity index is 368. The first-order valence-electron chi connectivity index (χ1n) is 6.09. The zero-order chi connectivity index (χ0) is 12.1. The summed E-state index contributed by atoms with van der Waals surface area (Å²) in [4.78, 5) is 0. The van der Waals surface area contributed by atoms with Crippen LogP contribution in [0.5, 0.6) is 11.5 Å². The Morgan fingerprint density at radius 3 is 3.18 bits per heavy atom. The minimum absolute atomic E-state index is 0.348. The van der Waals surface area contributed by atoms with Crippen LogP contribution < -0.4 is 20.5 Å². The summed E-state index contributed by atoms with van der Waals surface area (Å²) in [7, 11) is 1.68. The fourth-order valence-electron chi connectivity index (χ4n) is 2.09. The molecule has 1 unspecified atom stereocenters. The first-order chi connectivity index (χ1) is 8.35. The van der Waals surface area contributed by atoms with Gasteiger partial charge in [-0.3, -0.25) is 0 Å². The van der Waals surface area contributed by atoms with Crippen molar-refractivity contribution in [1.82, 2.24) is 5.32 Å². The highest BCUT2D eigenvalue weighted by Gasteiger charge is 2.21. The van der Waals surface area contributed by atoms with Gasteiger partial charge in [0.05, 0.1) is 13.7 Å². The fraction of sp³-hybridized carbons (Fsp3) is 0.538. The molecule has 1 aliphatic heterocycles. The highest BCUT2D eigenvalue weighted by Crippen LogP contribution is 2.34. The van der Waals surface area contributed by atoms with E-state index in [0.29, 0.717) is 6.04 Å². The van der Waals surface area contributed by atoms with Gasteiger partial charge in [-0.15, -0.1) is 0 Å². The second-order valence-corrected chi connectivity index (χ2v) is 4.19. The molecule has 1 aromatic carbocycles. The number of hydrogen-bond acceptors (Lipinski definition) is 4. The van der Waals surface area contributed by atoms with Crippen molar-refractivity contribution in [1.29, 1.82) is 0 Å². The summed E-state index contributed by atoms with van der Waals surface area (Å²) in [5.41, 5.74) is 6.69. The Kier molecular flexibility index (Phi) is 4.23. The molecule has 4 nitrogen and oxygen atoms in total. The van der Waals surface area contributed by atoms with E-state index >= 15 is 0 Å². The summed E-state index contributed by atoms with van der Waals surface area (Å²) in [6, 6.07) is 6.31. The minimum atomic E-state index is 0.348. The number of nitrogens with two attached hydrogens (primary N) is 1. The third-order valence-corrected chi connectivity index (χ3v) is 3.03. The van der Waals surface area contributed by atoms with Crippen LogP contribution >= 0.6 is 0 Å². The van der Waals surface area contributed by atoms with E-state index in [-0.39, 0.29) is 0 Å². The number of ether oxygens (including phenoxy) is 2. The Labute approximate surface area is 102 Å². The van der Waals surface area contributed by atoms with Crippen LogP contribution in [0.3, 0.4) is 0 Å². The highest BCUT2D eigenvalue weighted by molar-refractivity contribution is 5.43. The Morgan fingerprint density at radius 2 is 2.41 bits per heavy atom. The lowest BCUT2D eigenvalue weighted by Crippen LogP contribution is -2.28. The van der Waals surface area contributed by atoms with Crippen molar-refractivity contribution in [3.63, 3.8) is 0 Å². The highest BCUT2D eigenvalue weighted by atomic mass is 16.5. The van der Waals surface area contributed by atoms with E-state index in [2.05, 4.69) is 11.4 Å². The van der Waals surface area contributed by atoms with Gasteiger partial charge in [-0.2, -0.15) is 0 Å². The third-order valence-electron chi connectivity index (χ3n) is 3.03. The molecule has 0 aromatic heterocycles. The first-order valence-corrected chi connectivity index (χ1v) is 6.09. The zero-order valence-corrected chi connectivity index (χ0v) is 10.2. The van der Waals surface area contributed by atoms with Crippen LogP contribution in [0.15, 0.2) is 18.2 Å². The van der Waals surface area contributed by atoms with Gasteiger partial charge < -0.3 is 20.5 Å². The monoisotopic (exact) mass is 236 g/mol. The van der Waals surface area contributed by atoms with Gasteiger partial charge in [0, 0.05) is 18.0 Å². The molecular formula is C13H20N2O2. The molecule has 0 saturated carbocycles. The van der Waals surface area contributed by atoms with Crippen molar-refractivity contribution >= 4 is 0 Å². The average Bonchev–Trinajstić information content (AvgIpc) is 2.39. The number of rotatable bonds is 5. The summed E-state index contributed by atoms with van der Waals surface area (Å²) in [6.45, 7) is 2.43. The van der Waals surface area contributed by atoms with Crippen LogP contribution in [-0.2, 0) is 0 Å². The lowest BCUT2D eigenvalue weighted by Gasteiger charge is -2.27. The van der Waals surface area contributed by atoms with Gasteiger partial charge in [-0.25, -0.2) is 0 Å². The molecule has 1 aliphatic rings. The van der Waals surface area contributed by atoms with Crippen LogP contribution in [0.1, 0.15) is 24.4 Å². The van der Waals surface area contributed by atoms with Crippen molar-refractivity contribution in [3.05, 3.63) is 23.8 Å². The van der Waals surface area contributed by atoms with Crippen molar-refractivity contribution in [2.75, 3.05) is 26.8 Å². The SMILES string of the molecule is COc1ccc2c(c1)C(NCCCN)CCO2. The predicted octanol–water partition coefficient (Wildman–Crippen LogP) is 1.46. The summed E-state index contributed by atoms with van der Waals surface area (Å²) in [6.07, 6.45) is 1.99.